The Labute approximate surface area is 121 Å². The first kappa shape index (κ1) is 15.0. The number of carbonyl (C=O) groups is 2. The Morgan fingerprint density at radius 3 is 2.62 bits per heavy atom. The zero-order chi connectivity index (χ0) is 15.5. The summed E-state index contributed by atoms with van der Waals surface area (Å²) in [6.45, 7) is 0.107. The molecule has 0 unspecified atom stereocenters. The van der Waals surface area contributed by atoms with Crippen molar-refractivity contribution in [2.24, 2.45) is 5.41 Å². The molecule has 1 aromatic rings. The third kappa shape index (κ3) is 3.36. The molecule has 0 radical (unpaired) electrons. The zero-order valence-electron chi connectivity index (χ0n) is 11.4. The van der Waals surface area contributed by atoms with Gasteiger partial charge < -0.3 is 10.4 Å². The van der Waals surface area contributed by atoms with Crippen molar-refractivity contribution in [3.63, 3.8) is 0 Å². The van der Waals surface area contributed by atoms with Crippen LogP contribution in [0.15, 0.2) is 24.3 Å². The van der Waals surface area contributed by atoms with Gasteiger partial charge in [-0.05, 0) is 18.4 Å². The number of nitrogens with zero attached hydrogens (tertiary/aromatic N) is 1. The molecule has 7 heteroatoms. The molecular weight excluding hydrogens is 276 g/mol. The van der Waals surface area contributed by atoms with Gasteiger partial charge in [-0.2, -0.15) is 0 Å². The molecule has 1 amide bonds. The molecule has 0 atom stereocenters. The molecule has 112 valence electrons. The Bertz CT molecular complexity index is 580. The van der Waals surface area contributed by atoms with Crippen LogP contribution in [0.25, 0.3) is 0 Å². The SMILES string of the molecule is O=C(Cc1cccc([N+](=O)[O-])c1)NCC1(C(=O)O)CCC1. The first-order valence-corrected chi connectivity index (χ1v) is 6.66. The highest BCUT2D eigenvalue weighted by molar-refractivity contribution is 5.81. The topological polar surface area (TPSA) is 110 Å². The maximum Gasteiger partial charge on any atom is 0.311 e. The van der Waals surface area contributed by atoms with Crippen LogP contribution in [-0.4, -0.2) is 28.5 Å². The maximum atomic E-state index is 11.8. The summed E-state index contributed by atoms with van der Waals surface area (Å²) in [6, 6.07) is 5.85. The average molecular weight is 292 g/mol. The maximum absolute atomic E-state index is 11.8. The Morgan fingerprint density at radius 2 is 2.10 bits per heavy atom. The lowest BCUT2D eigenvalue weighted by Gasteiger charge is -2.37. The van der Waals surface area contributed by atoms with Crippen LogP contribution < -0.4 is 5.32 Å². The van der Waals surface area contributed by atoms with Gasteiger partial charge in [0.15, 0.2) is 0 Å². The Hall–Kier alpha value is -2.44. The van der Waals surface area contributed by atoms with Gasteiger partial charge in [-0.25, -0.2) is 0 Å². The van der Waals surface area contributed by atoms with Crippen molar-refractivity contribution in [2.75, 3.05) is 6.54 Å². The summed E-state index contributed by atoms with van der Waals surface area (Å²) in [4.78, 5) is 33.1. The van der Waals surface area contributed by atoms with Crippen molar-refractivity contribution in [3.05, 3.63) is 39.9 Å². The van der Waals surface area contributed by atoms with Crippen molar-refractivity contribution in [1.29, 1.82) is 0 Å². The van der Waals surface area contributed by atoms with Crippen LogP contribution in [0, 0.1) is 15.5 Å². The number of carboxylic acids is 1. The number of benzene rings is 1. The lowest BCUT2D eigenvalue weighted by Crippen LogP contribution is -2.47. The van der Waals surface area contributed by atoms with E-state index in [0.29, 0.717) is 18.4 Å². The number of nitro benzene ring substituents is 1. The van der Waals surface area contributed by atoms with Gasteiger partial charge in [0.05, 0.1) is 16.8 Å². The molecular formula is C14H16N2O5. The fourth-order valence-electron chi connectivity index (χ4n) is 2.37. The quantitative estimate of drug-likeness (QED) is 0.610. The summed E-state index contributed by atoms with van der Waals surface area (Å²) >= 11 is 0. The van der Waals surface area contributed by atoms with Crippen LogP contribution in [0.5, 0.6) is 0 Å². The normalized spacial score (nSPS) is 15.8. The van der Waals surface area contributed by atoms with E-state index in [1.165, 1.54) is 18.2 Å². The first-order valence-electron chi connectivity index (χ1n) is 6.66. The minimum atomic E-state index is -0.885. The lowest BCUT2D eigenvalue weighted by molar-refractivity contribution is -0.384. The zero-order valence-corrected chi connectivity index (χ0v) is 11.4. The van der Waals surface area contributed by atoms with Gasteiger partial charge in [-0.3, -0.25) is 19.7 Å². The van der Waals surface area contributed by atoms with Gasteiger partial charge in [0, 0.05) is 18.7 Å². The van der Waals surface area contributed by atoms with Crippen molar-refractivity contribution >= 4 is 17.6 Å². The molecule has 0 heterocycles. The highest BCUT2D eigenvalue weighted by Crippen LogP contribution is 2.40. The number of non-ortho nitro benzene ring substituents is 1. The van der Waals surface area contributed by atoms with Gasteiger partial charge >= 0.3 is 5.97 Å². The molecule has 0 saturated heterocycles. The van der Waals surface area contributed by atoms with Crippen LogP contribution >= 0.6 is 0 Å². The summed E-state index contributed by atoms with van der Waals surface area (Å²) in [7, 11) is 0. The van der Waals surface area contributed by atoms with Gasteiger partial charge in [0.2, 0.25) is 5.91 Å². The molecule has 0 spiro atoms. The molecule has 0 aromatic heterocycles. The summed E-state index contributed by atoms with van der Waals surface area (Å²) < 4.78 is 0. The third-order valence-corrected chi connectivity index (χ3v) is 3.87. The number of carboxylic acid groups (broad SMARTS) is 1. The molecule has 1 saturated carbocycles. The van der Waals surface area contributed by atoms with E-state index in [1.54, 1.807) is 6.07 Å². The van der Waals surface area contributed by atoms with E-state index >= 15 is 0 Å². The monoisotopic (exact) mass is 292 g/mol. The second kappa shape index (κ2) is 5.90. The Balaban J connectivity index is 1.91. The van der Waals surface area contributed by atoms with Gasteiger partial charge in [-0.15, -0.1) is 0 Å². The van der Waals surface area contributed by atoms with Crippen molar-refractivity contribution in [2.45, 2.75) is 25.7 Å². The molecule has 21 heavy (non-hydrogen) atoms. The molecule has 7 nitrogen and oxygen atoms in total. The Kier molecular flexibility index (Phi) is 4.21. The number of aliphatic carboxylic acids is 1. The number of rotatable bonds is 6. The molecule has 2 N–H and O–H groups in total. The molecule has 1 aliphatic rings. The summed E-state index contributed by atoms with van der Waals surface area (Å²) in [6.07, 6.45) is 1.99. The van der Waals surface area contributed by atoms with Crippen molar-refractivity contribution < 1.29 is 19.6 Å². The van der Waals surface area contributed by atoms with Crippen LogP contribution in [0.4, 0.5) is 5.69 Å². The van der Waals surface area contributed by atoms with E-state index in [0.717, 1.165) is 6.42 Å². The number of carbonyl (C=O) groups excluding carboxylic acids is 1. The van der Waals surface area contributed by atoms with Gasteiger partial charge in [-0.1, -0.05) is 18.6 Å². The first-order chi connectivity index (χ1) is 9.93. The lowest BCUT2D eigenvalue weighted by atomic mass is 9.69. The third-order valence-electron chi connectivity index (χ3n) is 3.87. The Morgan fingerprint density at radius 1 is 1.38 bits per heavy atom. The van der Waals surface area contributed by atoms with E-state index < -0.39 is 16.3 Å². The standard InChI is InChI=1S/C14H16N2O5/c17-12(15-9-14(13(18)19)5-2-6-14)8-10-3-1-4-11(7-10)16(20)21/h1,3-4,7H,2,5-6,8-9H2,(H,15,17)(H,18,19). The summed E-state index contributed by atoms with van der Waals surface area (Å²) in [5.74, 6) is -1.22. The largest absolute Gasteiger partial charge is 0.481 e. The number of amides is 1. The highest BCUT2D eigenvalue weighted by Gasteiger charge is 2.44. The van der Waals surface area contributed by atoms with Crippen LogP contribution in [-0.2, 0) is 16.0 Å². The minimum absolute atomic E-state index is 0.00260. The second-order valence-corrected chi connectivity index (χ2v) is 5.32. The highest BCUT2D eigenvalue weighted by atomic mass is 16.6. The van der Waals surface area contributed by atoms with E-state index in [9.17, 15) is 19.7 Å². The number of nitro groups is 1. The fourth-order valence-corrected chi connectivity index (χ4v) is 2.37. The van der Waals surface area contributed by atoms with E-state index in [2.05, 4.69) is 5.32 Å². The van der Waals surface area contributed by atoms with E-state index in [-0.39, 0.29) is 24.6 Å². The molecule has 1 aliphatic carbocycles. The molecule has 0 bridgehead atoms. The van der Waals surface area contributed by atoms with Crippen molar-refractivity contribution in [1.82, 2.24) is 5.32 Å². The molecule has 1 fully saturated rings. The summed E-state index contributed by atoms with van der Waals surface area (Å²) in [5, 5.41) is 22.4. The number of hydrogen-bond acceptors (Lipinski definition) is 4. The summed E-state index contributed by atoms with van der Waals surface area (Å²) in [5.41, 5.74) is -0.376. The van der Waals surface area contributed by atoms with Crippen molar-refractivity contribution in [3.8, 4) is 0 Å². The van der Waals surface area contributed by atoms with Crippen LogP contribution in [0.2, 0.25) is 0 Å². The number of hydrogen-bond donors (Lipinski definition) is 2. The minimum Gasteiger partial charge on any atom is -0.481 e. The molecule has 2 rings (SSSR count). The molecule has 1 aromatic carbocycles. The van der Waals surface area contributed by atoms with Gasteiger partial charge in [0.25, 0.3) is 5.69 Å². The van der Waals surface area contributed by atoms with E-state index in [1.807, 2.05) is 0 Å². The van der Waals surface area contributed by atoms with Gasteiger partial charge in [0.1, 0.15) is 0 Å². The predicted octanol–water partition coefficient (Wildman–Crippen LogP) is 1.51. The van der Waals surface area contributed by atoms with E-state index in [4.69, 9.17) is 5.11 Å². The fraction of sp³-hybridized carbons (Fsp3) is 0.429. The van der Waals surface area contributed by atoms with Crippen LogP contribution in [0.3, 0.4) is 0 Å². The second-order valence-electron chi connectivity index (χ2n) is 5.32. The number of nitrogens with one attached hydrogen (secondary N) is 1. The van der Waals surface area contributed by atoms with Crippen LogP contribution in [0.1, 0.15) is 24.8 Å². The predicted molar refractivity (Wildman–Crippen MR) is 73.7 cm³/mol. The average Bonchev–Trinajstić information content (AvgIpc) is 2.37. The molecule has 0 aliphatic heterocycles. The smallest absolute Gasteiger partial charge is 0.311 e.